The van der Waals surface area contributed by atoms with Crippen LogP contribution in [0.15, 0.2) is 158 Å². The minimum absolute atomic E-state index is 0. The fourth-order valence-electron chi connectivity index (χ4n) is 7.79. The zero-order valence-corrected chi connectivity index (χ0v) is 33.3. The van der Waals surface area contributed by atoms with Gasteiger partial charge in [-0.25, -0.2) is 4.98 Å². The van der Waals surface area contributed by atoms with Crippen molar-refractivity contribution >= 4 is 67.7 Å². The van der Waals surface area contributed by atoms with Crippen LogP contribution in [0.4, 0.5) is 17.1 Å². The molecule has 2 aromatic heterocycles. The number of aromatic nitrogens is 2. The van der Waals surface area contributed by atoms with Gasteiger partial charge in [-0.05, 0) is 57.1 Å². The number of nitrogens with zero attached hydrogens (tertiary/aromatic N) is 4. The van der Waals surface area contributed by atoms with Gasteiger partial charge in [-0.1, -0.05) is 117 Å². The van der Waals surface area contributed by atoms with Crippen molar-refractivity contribution in [1.82, 2.24) is 9.55 Å². The van der Waals surface area contributed by atoms with Crippen molar-refractivity contribution in [1.29, 1.82) is 0 Å². The van der Waals surface area contributed by atoms with Crippen LogP contribution in [-0.2, 0) is 26.5 Å². The van der Waals surface area contributed by atoms with E-state index in [1.54, 1.807) is 0 Å². The molecular formula is C46H39N4OPtSi-. The Morgan fingerprint density at radius 1 is 0.623 bits per heavy atom. The van der Waals surface area contributed by atoms with Gasteiger partial charge in [-0.15, -0.1) is 21.6 Å². The first-order valence-corrected chi connectivity index (χ1v) is 19.8. The molecule has 1 N–H and O–H groups in total. The van der Waals surface area contributed by atoms with Gasteiger partial charge in [0.05, 0.1) is 7.05 Å². The van der Waals surface area contributed by atoms with Crippen molar-refractivity contribution in [3.8, 4) is 5.82 Å². The molecule has 0 amide bonds. The standard InChI is InChI=1S/C46H38N4OSi.Pt/c1-46(2,3)33-28-29-47-45(30-33)49-41-23-12-11-22-39(41)40-27-26-38(32-44(40)49)52(35-17-7-5-8-18-35,36-19-9-6-10-20-36)37-21-15-16-34(31-37)50-43-25-14-13-24-42(43)48(4)51-50;/h5-30H,1-4H3;/q-2;/p+1. The van der Waals surface area contributed by atoms with Gasteiger partial charge in [0.25, 0.3) is 0 Å². The van der Waals surface area contributed by atoms with E-state index in [0.29, 0.717) is 0 Å². The molecule has 0 saturated carbocycles. The van der Waals surface area contributed by atoms with Crippen molar-refractivity contribution in [3.05, 3.63) is 176 Å². The van der Waals surface area contributed by atoms with Crippen molar-refractivity contribution in [2.45, 2.75) is 26.2 Å². The van der Waals surface area contributed by atoms with E-state index in [-0.39, 0.29) is 26.5 Å². The smallest absolute Gasteiger partial charge is 0.145 e. The molecule has 3 heterocycles. The van der Waals surface area contributed by atoms with Crippen molar-refractivity contribution in [3.63, 3.8) is 0 Å². The number of benzene rings is 6. The summed E-state index contributed by atoms with van der Waals surface area (Å²) < 4.78 is 2.30. The van der Waals surface area contributed by atoms with Gasteiger partial charge in [0, 0.05) is 38.5 Å². The van der Waals surface area contributed by atoms with Crippen LogP contribution >= 0.6 is 0 Å². The van der Waals surface area contributed by atoms with Crippen LogP contribution in [-0.4, -0.2) is 29.6 Å². The number of fused-ring (bicyclic) bond motifs is 4. The van der Waals surface area contributed by atoms with Gasteiger partial charge >= 0.3 is 0 Å². The number of pyridine rings is 1. The Bertz CT molecular complexity index is 2540. The third kappa shape index (κ3) is 5.73. The van der Waals surface area contributed by atoms with Crippen molar-refractivity contribution in [2.24, 2.45) is 0 Å². The summed E-state index contributed by atoms with van der Waals surface area (Å²) in [7, 11) is -1.06. The molecule has 0 fully saturated rings. The van der Waals surface area contributed by atoms with E-state index in [1.807, 2.05) is 23.4 Å². The fourth-order valence-corrected chi connectivity index (χ4v) is 12.3. The minimum atomic E-state index is -3.05. The van der Waals surface area contributed by atoms with E-state index in [2.05, 4.69) is 189 Å². The first kappa shape index (κ1) is 34.8. The molecule has 0 aliphatic carbocycles. The molecule has 0 unspecified atom stereocenters. The zero-order chi connectivity index (χ0) is 35.5. The topological polar surface area (TPSA) is 37.1 Å². The van der Waals surface area contributed by atoms with E-state index in [9.17, 15) is 0 Å². The summed E-state index contributed by atoms with van der Waals surface area (Å²) >= 11 is 0. The molecule has 0 radical (unpaired) electrons. The van der Waals surface area contributed by atoms with Gasteiger partial charge < -0.3 is 4.57 Å². The summed E-state index contributed by atoms with van der Waals surface area (Å²) in [6, 6.07) is 62.5. The molecule has 0 bridgehead atoms. The molecule has 7 heteroatoms. The Hall–Kier alpha value is -5.26. The average molecular weight is 887 g/mol. The largest absolute Gasteiger partial charge is 0.319 e. The quantitative estimate of drug-likeness (QED) is 0.0739. The Morgan fingerprint density at radius 2 is 1.26 bits per heavy atom. The molecule has 5 nitrogen and oxygen atoms in total. The first-order chi connectivity index (χ1) is 25.3. The monoisotopic (exact) mass is 886 g/mol. The van der Waals surface area contributed by atoms with Gasteiger partial charge in [0.15, 0.2) is 0 Å². The minimum Gasteiger partial charge on any atom is -0.319 e. The number of hydrogen-bond acceptors (Lipinski definition) is 3. The van der Waals surface area contributed by atoms with Crippen LogP contribution in [0.5, 0.6) is 0 Å². The SMILES string of the molecule is CN1[OH+]N(c2[c-]c([Si](c3[c-]c4c(cc3)c3ccccc3n4-c3cc(C(C)(C)C)ccn3)(c3ccccc3)c3ccccc3)ccc2)c2ccccc21.[Pt]. The number of para-hydroxylation sites is 3. The van der Waals surface area contributed by atoms with Crippen LogP contribution in [0, 0.1) is 12.1 Å². The molecule has 264 valence electrons. The summed E-state index contributed by atoms with van der Waals surface area (Å²) in [5.41, 5.74) is 6.34. The molecule has 9 rings (SSSR count). The van der Waals surface area contributed by atoms with Gasteiger partial charge in [-0.3, -0.25) is 0 Å². The summed E-state index contributed by atoms with van der Waals surface area (Å²) in [6.45, 7) is 6.75. The van der Waals surface area contributed by atoms with Gasteiger partial charge in [-0.2, -0.15) is 51.7 Å². The molecular weight excluding hydrogens is 848 g/mol. The molecule has 6 aromatic carbocycles. The van der Waals surface area contributed by atoms with Crippen LogP contribution in [0.25, 0.3) is 27.6 Å². The normalized spacial score (nSPS) is 13.0. The van der Waals surface area contributed by atoms with Crippen molar-refractivity contribution in [2.75, 3.05) is 17.2 Å². The second kappa shape index (κ2) is 13.6. The van der Waals surface area contributed by atoms with E-state index >= 15 is 0 Å². The Kier molecular flexibility index (Phi) is 8.94. The number of hydroxylamine groups is 1. The molecule has 0 spiro atoms. The maximum absolute atomic E-state index is 4.97. The summed E-state index contributed by atoms with van der Waals surface area (Å²) in [4.78, 5) is 9.91. The Balaban J connectivity index is 0.00000400. The number of rotatable bonds is 6. The van der Waals surface area contributed by atoms with Crippen LogP contribution in [0.2, 0.25) is 0 Å². The molecule has 0 saturated heterocycles. The summed E-state index contributed by atoms with van der Waals surface area (Å²) in [6.07, 6.45) is 1.94. The summed E-state index contributed by atoms with van der Waals surface area (Å²) in [5, 5.41) is 11.1. The second-order valence-electron chi connectivity index (χ2n) is 14.5. The van der Waals surface area contributed by atoms with Crippen LogP contribution < -0.4 is 30.9 Å². The molecule has 0 atom stereocenters. The van der Waals surface area contributed by atoms with Crippen LogP contribution in [0.3, 0.4) is 0 Å². The molecule has 53 heavy (non-hydrogen) atoms. The van der Waals surface area contributed by atoms with Gasteiger partial charge in [0.2, 0.25) is 0 Å². The average Bonchev–Trinajstić information content (AvgIpc) is 3.70. The predicted molar refractivity (Wildman–Crippen MR) is 217 cm³/mol. The predicted octanol–water partition coefficient (Wildman–Crippen LogP) is 7.88. The molecule has 1 aliphatic heterocycles. The zero-order valence-electron chi connectivity index (χ0n) is 30.1. The fraction of sp³-hybridized carbons (Fsp3) is 0.109. The van der Waals surface area contributed by atoms with E-state index in [0.717, 1.165) is 49.7 Å². The van der Waals surface area contributed by atoms with Crippen molar-refractivity contribution < 1.29 is 26.0 Å². The van der Waals surface area contributed by atoms with E-state index in [1.165, 1.54) is 21.3 Å². The maximum atomic E-state index is 4.97. The number of anilines is 3. The van der Waals surface area contributed by atoms with E-state index < -0.39 is 8.07 Å². The number of hydrogen-bond donors (Lipinski definition) is 0. The molecule has 1 aliphatic rings. The Labute approximate surface area is 326 Å². The maximum Gasteiger partial charge on any atom is 0.145 e. The van der Waals surface area contributed by atoms with Crippen LogP contribution in [0.1, 0.15) is 26.3 Å². The second-order valence-corrected chi connectivity index (χ2v) is 18.2. The Morgan fingerprint density at radius 3 is 1.98 bits per heavy atom. The first-order valence-electron chi connectivity index (χ1n) is 17.8. The third-order valence-electron chi connectivity index (χ3n) is 10.3. The van der Waals surface area contributed by atoms with Gasteiger partial charge in [0.1, 0.15) is 25.3 Å². The van der Waals surface area contributed by atoms with E-state index in [4.69, 9.17) is 9.92 Å². The summed E-state index contributed by atoms with van der Waals surface area (Å²) in [5.74, 6) is 0.894. The molecule has 8 aromatic rings. The third-order valence-corrected chi connectivity index (χ3v) is 14.9.